The summed E-state index contributed by atoms with van der Waals surface area (Å²) in [6.07, 6.45) is 0.743. The van der Waals surface area contributed by atoms with Crippen LogP contribution in [0.2, 0.25) is 0 Å². The van der Waals surface area contributed by atoms with Crippen LogP contribution in [0.15, 0.2) is 24.3 Å². The minimum atomic E-state index is -0.334. The molecular formula is C16H24N4O3. The zero-order chi connectivity index (χ0) is 16.7. The van der Waals surface area contributed by atoms with E-state index in [-0.39, 0.29) is 24.6 Å². The number of nitrogens with one attached hydrogen (secondary N) is 2. The van der Waals surface area contributed by atoms with Crippen molar-refractivity contribution in [1.82, 2.24) is 15.5 Å². The van der Waals surface area contributed by atoms with Crippen molar-refractivity contribution in [2.24, 2.45) is 0 Å². The molecule has 7 nitrogen and oxygen atoms in total. The van der Waals surface area contributed by atoms with E-state index in [9.17, 15) is 9.59 Å². The van der Waals surface area contributed by atoms with E-state index in [0.29, 0.717) is 19.6 Å². The van der Waals surface area contributed by atoms with Crippen molar-refractivity contribution in [1.29, 1.82) is 0 Å². The average Bonchev–Trinajstić information content (AvgIpc) is 2.55. The second kappa shape index (κ2) is 8.38. The van der Waals surface area contributed by atoms with Crippen molar-refractivity contribution in [3.63, 3.8) is 0 Å². The lowest BCUT2D eigenvalue weighted by Gasteiger charge is -2.35. The van der Waals surface area contributed by atoms with Gasteiger partial charge in [0, 0.05) is 38.8 Å². The SMILES string of the molecule is CC(=O)OCC1CNCCN1C(=O)NCCc1ccc(N)cc1. The Morgan fingerprint density at radius 1 is 1.39 bits per heavy atom. The molecule has 1 fully saturated rings. The Morgan fingerprint density at radius 3 is 2.83 bits per heavy atom. The molecule has 2 amide bonds. The highest BCUT2D eigenvalue weighted by Crippen LogP contribution is 2.07. The number of rotatable bonds is 5. The molecule has 0 aliphatic carbocycles. The standard InChI is InChI=1S/C16H24N4O3/c1-12(21)23-11-15-10-18-8-9-20(15)16(22)19-7-6-13-2-4-14(17)5-3-13/h2-5,15,18H,6-11,17H2,1H3,(H,19,22). The first kappa shape index (κ1) is 17.1. The molecule has 1 saturated heterocycles. The smallest absolute Gasteiger partial charge is 0.317 e. The number of nitrogen functional groups attached to an aromatic ring is 1. The van der Waals surface area contributed by atoms with E-state index in [0.717, 1.165) is 24.2 Å². The lowest BCUT2D eigenvalue weighted by atomic mass is 10.1. The molecule has 1 heterocycles. The van der Waals surface area contributed by atoms with Crippen molar-refractivity contribution in [3.05, 3.63) is 29.8 Å². The molecule has 1 atom stereocenters. The van der Waals surface area contributed by atoms with Gasteiger partial charge in [-0.15, -0.1) is 0 Å². The van der Waals surface area contributed by atoms with Crippen LogP contribution in [0.3, 0.4) is 0 Å². The average molecular weight is 320 g/mol. The molecule has 1 aromatic rings. The number of piperazine rings is 1. The Bertz CT molecular complexity index is 533. The molecule has 1 unspecified atom stereocenters. The van der Waals surface area contributed by atoms with E-state index in [4.69, 9.17) is 10.5 Å². The van der Waals surface area contributed by atoms with E-state index in [2.05, 4.69) is 10.6 Å². The fourth-order valence-corrected chi connectivity index (χ4v) is 2.49. The lowest BCUT2D eigenvalue weighted by molar-refractivity contribution is -0.142. The van der Waals surface area contributed by atoms with Crippen LogP contribution in [0, 0.1) is 0 Å². The molecule has 4 N–H and O–H groups in total. The van der Waals surface area contributed by atoms with Gasteiger partial charge in [0.25, 0.3) is 0 Å². The molecule has 126 valence electrons. The molecule has 1 aromatic carbocycles. The molecule has 7 heteroatoms. The third-order valence-corrected chi connectivity index (χ3v) is 3.76. The highest BCUT2D eigenvalue weighted by atomic mass is 16.5. The quantitative estimate of drug-likeness (QED) is 0.538. The van der Waals surface area contributed by atoms with E-state index in [1.807, 2.05) is 24.3 Å². The molecule has 0 radical (unpaired) electrons. The first-order valence-corrected chi connectivity index (χ1v) is 7.79. The van der Waals surface area contributed by atoms with Gasteiger partial charge in [-0.25, -0.2) is 4.79 Å². The first-order chi connectivity index (χ1) is 11.1. The van der Waals surface area contributed by atoms with Gasteiger partial charge in [-0.2, -0.15) is 0 Å². The van der Waals surface area contributed by atoms with Gasteiger partial charge in [-0.05, 0) is 24.1 Å². The maximum Gasteiger partial charge on any atom is 0.317 e. The summed E-state index contributed by atoms with van der Waals surface area (Å²) in [5.74, 6) is -0.334. The van der Waals surface area contributed by atoms with Crippen LogP contribution in [0.25, 0.3) is 0 Å². The summed E-state index contributed by atoms with van der Waals surface area (Å²) in [6.45, 7) is 4.09. The summed E-state index contributed by atoms with van der Waals surface area (Å²) in [6, 6.07) is 7.35. The molecule has 23 heavy (non-hydrogen) atoms. The predicted molar refractivity (Wildman–Crippen MR) is 88.0 cm³/mol. The number of carbonyl (C=O) groups is 2. The van der Waals surface area contributed by atoms with Crippen molar-refractivity contribution < 1.29 is 14.3 Å². The third kappa shape index (κ3) is 5.45. The number of nitrogens with two attached hydrogens (primary N) is 1. The summed E-state index contributed by atoms with van der Waals surface area (Å²) in [4.78, 5) is 25.0. The van der Waals surface area contributed by atoms with Gasteiger partial charge in [0.2, 0.25) is 0 Å². The van der Waals surface area contributed by atoms with E-state index < -0.39 is 0 Å². The van der Waals surface area contributed by atoms with Crippen LogP contribution in [0.1, 0.15) is 12.5 Å². The number of urea groups is 1. The van der Waals surface area contributed by atoms with Crippen LogP contribution in [0.4, 0.5) is 10.5 Å². The number of esters is 1. The minimum Gasteiger partial charge on any atom is -0.464 e. The molecule has 0 aromatic heterocycles. The van der Waals surface area contributed by atoms with Crippen molar-refractivity contribution in [2.45, 2.75) is 19.4 Å². The summed E-state index contributed by atoms with van der Waals surface area (Å²) < 4.78 is 5.03. The minimum absolute atomic E-state index is 0.126. The third-order valence-electron chi connectivity index (χ3n) is 3.76. The van der Waals surface area contributed by atoms with Crippen LogP contribution >= 0.6 is 0 Å². The molecular weight excluding hydrogens is 296 g/mol. The second-order valence-corrected chi connectivity index (χ2v) is 5.58. The Morgan fingerprint density at radius 2 is 2.13 bits per heavy atom. The van der Waals surface area contributed by atoms with Gasteiger partial charge in [0.1, 0.15) is 6.61 Å². The monoisotopic (exact) mass is 320 g/mol. The highest BCUT2D eigenvalue weighted by Gasteiger charge is 2.27. The Hall–Kier alpha value is -2.28. The number of anilines is 1. The van der Waals surface area contributed by atoms with Crippen molar-refractivity contribution in [3.8, 4) is 0 Å². The summed E-state index contributed by atoms with van der Waals surface area (Å²) in [5, 5.41) is 6.13. The van der Waals surface area contributed by atoms with Crippen LogP contribution in [-0.4, -0.2) is 55.7 Å². The largest absolute Gasteiger partial charge is 0.464 e. The number of carbonyl (C=O) groups excluding carboxylic acids is 2. The lowest BCUT2D eigenvalue weighted by Crippen LogP contribution is -2.58. The second-order valence-electron chi connectivity index (χ2n) is 5.58. The van der Waals surface area contributed by atoms with Gasteiger partial charge in [-0.1, -0.05) is 12.1 Å². The molecule has 0 saturated carbocycles. The number of hydrogen-bond acceptors (Lipinski definition) is 5. The molecule has 2 rings (SSSR count). The maximum atomic E-state index is 12.3. The van der Waals surface area contributed by atoms with Gasteiger partial charge in [-0.3, -0.25) is 4.79 Å². The number of nitrogens with zero attached hydrogens (tertiary/aromatic N) is 1. The number of ether oxygens (including phenoxy) is 1. The normalized spacial score (nSPS) is 17.6. The zero-order valence-corrected chi connectivity index (χ0v) is 13.4. The van der Waals surface area contributed by atoms with Gasteiger partial charge >= 0.3 is 12.0 Å². The highest BCUT2D eigenvalue weighted by molar-refractivity contribution is 5.74. The van der Waals surface area contributed by atoms with Crippen LogP contribution < -0.4 is 16.4 Å². The molecule has 1 aliphatic rings. The van der Waals surface area contributed by atoms with Crippen LogP contribution in [-0.2, 0) is 16.0 Å². The Labute approximate surface area is 136 Å². The Kier molecular flexibility index (Phi) is 6.22. The van der Waals surface area contributed by atoms with Crippen molar-refractivity contribution in [2.75, 3.05) is 38.5 Å². The topological polar surface area (TPSA) is 96.7 Å². The molecule has 0 bridgehead atoms. The summed E-state index contributed by atoms with van der Waals surface area (Å²) in [7, 11) is 0. The predicted octanol–water partition coefficient (Wildman–Crippen LogP) is 0.358. The van der Waals surface area contributed by atoms with E-state index in [1.165, 1.54) is 6.92 Å². The summed E-state index contributed by atoms with van der Waals surface area (Å²) >= 11 is 0. The number of benzene rings is 1. The fraction of sp³-hybridized carbons (Fsp3) is 0.500. The van der Waals surface area contributed by atoms with E-state index >= 15 is 0 Å². The van der Waals surface area contributed by atoms with E-state index in [1.54, 1.807) is 4.90 Å². The van der Waals surface area contributed by atoms with Gasteiger partial charge in [0.05, 0.1) is 6.04 Å². The molecule has 0 spiro atoms. The van der Waals surface area contributed by atoms with Crippen molar-refractivity contribution >= 4 is 17.7 Å². The fourth-order valence-electron chi connectivity index (χ4n) is 2.49. The molecule has 1 aliphatic heterocycles. The maximum absolute atomic E-state index is 12.3. The number of hydrogen-bond donors (Lipinski definition) is 3. The van der Waals surface area contributed by atoms with Crippen LogP contribution in [0.5, 0.6) is 0 Å². The summed E-state index contributed by atoms with van der Waals surface area (Å²) in [5.41, 5.74) is 7.50. The zero-order valence-electron chi connectivity index (χ0n) is 13.4. The van der Waals surface area contributed by atoms with Gasteiger partial charge in [0.15, 0.2) is 0 Å². The Balaban J connectivity index is 1.80. The first-order valence-electron chi connectivity index (χ1n) is 7.79. The number of amides is 2. The van der Waals surface area contributed by atoms with Gasteiger partial charge < -0.3 is 26.0 Å².